The van der Waals surface area contributed by atoms with E-state index < -0.39 is 6.10 Å². The summed E-state index contributed by atoms with van der Waals surface area (Å²) >= 11 is 0. The summed E-state index contributed by atoms with van der Waals surface area (Å²) in [6, 6.07) is 9.51. The van der Waals surface area contributed by atoms with Gasteiger partial charge in [-0.15, -0.1) is 0 Å². The molecule has 1 N–H and O–H groups in total. The predicted molar refractivity (Wildman–Crippen MR) is 67.8 cm³/mol. The molecule has 0 aliphatic heterocycles. The Morgan fingerprint density at radius 2 is 1.89 bits per heavy atom. The average molecular weight is 237 g/mol. The highest BCUT2D eigenvalue weighted by Gasteiger charge is 2.13. The minimum absolute atomic E-state index is 0.714. The third-order valence-electron chi connectivity index (χ3n) is 2.93. The minimum Gasteiger partial charge on any atom is -0.384 e. The highest BCUT2D eigenvalue weighted by molar-refractivity contribution is 5.85. The standard InChI is InChI=1S/C14H11N3O/c18-14(11-5-7-16-17-8-11)12-3-1-2-10-4-6-15-9-13(10)12/h1-9,14,18H. The summed E-state index contributed by atoms with van der Waals surface area (Å²) in [7, 11) is 0. The van der Waals surface area contributed by atoms with Crippen LogP contribution in [0.3, 0.4) is 0 Å². The van der Waals surface area contributed by atoms with Crippen molar-refractivity contribution in [2.75, 3.05) is 0 Å². The number of nitrogens with zero attached hydrogens (tertiary/aromatic N) is 3. The summed E-state index contributed by atoms with van der Waals surface area (Å²) < 4.78 is 0. The molecule has 1 unspecified atom stereocenters. The molecule has 0 aliphatic rings. The van der Waals surface area contributed by atoms with Crippen LogP contribution in [0.5, 0.6) is 0 Å². The molecule has 0 saturated heterocycles. The highest BCUT2D eigenvalue weighted by Crippen LogP contribution is 2.27. The first kappa shape index (κ1) is 10.8. The second-order valence-electron chi connectivity index (χ2n) is 4.02. The van der Waals surface area contributed by atoms with Gasteiger partial charge in [0.25, 0.3) is 0 Å². The number of aliphatic hydroxyl groups excluding tert-OH is 1. The van der Waals surface area contributed by atoms with Gasteiger partial charge in [-0.05, 0) is 23.1 Å². The molecule has 4 heteroatoms. The van der Waals surface area contributed by atoms with Crippen LogP contribution in [0, 0.1) is 0 Å². The Kier molecular flexibility index (Phi) is 2.70. The average Bonchev–Trinajstić information content (AvgIpc) is 2.47. The summed E-state index contributed by atoms with van der Waals surface area (Å²) in [6.45, 7) is 0. The lowest BCUT2D eigenvalue weighted by molar-refractivity contribution is 0.221. The Balaban J connectivity index is 2.15. The highest BCUT2D eigenvalue weighted by atomic mass is 16.3. The zero-order valence-electron chi connectivity index (χ0n) is 9.56. The number of rotatable bonds is 2. The van der Waals surface area contributed by atoms with Gasteiger partial charge >= 0.3 is 0 Å². The smallest absolute Gasteiger partial charge is 0.106 e. The van der Waals surface area contributed by atoms with E-state index in [9.17, 15) is 5.11 Å². The maximum Gasteiger partial charge on any atom is 0.106 e. The van der Waals surface area contributed by atoms with E-state index in [2.05, 4.69) is 15.2 Å². The van der Waals surface area contributed by atoms with E-state index in [1.165, 1.54) is 0 Å². The summed E-state index contributed by atoms with van der Waals surface area (Å²) in [5.74, 6) is 0. The molecule has 0 fully saturated rings. The molecule has 3 aromatic rings. The number of aromatic nitrogens is 3. The van der Waals surface area contributed by atoms with Crippen LogP contribution in [0.1, 0.15) is 17.2 Å². The predicted octanol–water partition coefficient (Wildman–Crippen LogP) is 2.11. The minimum atomic E-state index is -0.714. The van der Waals surface area contributed by atoms with Gasteiger partial charge in [-0.25, -0.2) is 0 Å². The molecule has 3 rings (SSSR count). The van der Waals surface area contributed by atoms with Crippen LogP contribution < -0.4 is 0 Å². The SMILES string of the molecule is OC(c1ccnnc1)c1cccc2ccncc12. The number of benzene rings is 1. The maximum absolute atomic E-state index is 10.4. The van der Waals surface area contributed by atoms with Crippen LogP contribution in [0.25, 0.3) is 10.8 Å². The van der Waals surface area contributed by atoms with Gasteiger partial charge in [0.15, 0.2) is 0 Å². The van der Waals surface area contributed by atoms with Crippen molar-refractivity contribution in [1.29, 1.82) is 0 Å². The lowest BCUT2D eigenvalue weighted by atomic mass is 9.98. The molecule has 4 nitrogen and oxygen atoms in total. The zero-order valence-corrected chi connectivity index (χ0v) is 9.56. The molecule has 2 aromatic heterocycles. The molecule has 0 spiro atoms. The van der Waals surface area contributed by atoms with E-state index in [-0.39, 0.29) is 0 Å². The van der Waals surface area contributed by atoms with Gasteiger partial charge in [0.2, 0.25) is 0 Å². The van der Waals surface area contributed by atoms with Gasteiger partial charge in [-0.3, -0.25) is 4.98 Å². The molecule has 1 aromatic carbocycles. The molecule has 88 valence electrons. The molecule has 1 atom stereocenters. The normalized spacial score (nSPS) is 12.5. The van der Waals surface area contributed by atoms with Gasteiger partial charge < -0.3 is 5.11 Å². The fourth-order valence-corrected chi connectivity index (χ4v) is 2.02. The Bertz CT molecular complexity index is 665. The van der Waals surface area contributed by atoms with Gasteiger partial charge in [0.05, 0.1) is 6.20 Å². The summed E-state index contributed by atoms with van der Waals surface area (Å²) in [4.78, 5) is 4.11. The zero-order chi connectivity index (χ0) is 12.4. The second-order valence-corrected chi connectivity index (χ2v) is 4.02. The van der Waals surface area contributed by atoms with E-state index in [4.69, 9.17) is 0 Å². The molecule has 0 amide bonds. The molecule has 18 heavy (non-hydrogen) atoms. The molecule has 0 saturated carbocycles. The van der Waals surface area contributed by atoms with Gasteiger partial charge in [-0.2, -0.15) is 10.2 Å². The molecular formula is C14H11N3O. The third kappa shape index (κ3) is 1.83. The Hall–Kier alpha value is -2.33. The first-order chi connectivity index (χ1) is 8.86. The van der Waals surface area contributed by atoms with Crippen LogP contribution in [0.4, 0.5) is 0 Å². The van der Waals surface area contributed by atoms with E-state index in [0.717, 1.165) is 21.9 Å². The van der Waals surface area contributed by atoms with Crippen molar-refractivity contribution in [3.05, 3.63) is 66.2 Å². The fourth-order valence-electron chi connectivity index (χ4n) is 2.02. The van der Waals surface area contributed by atoms with Crippen LogP contribution in [-0.4, -0.2) is 20.3 Å². The number of pyridine rings is 1. The largest absolute Gasteiger partial charge is 0.384 e. The van der Waals surface area contributed by atoms with Crippen molar-refractivity contribution < 1.29 is 5.11 Å². The van der Waals surface area contributed by atoms with E-state index in [1.807, 2.05) is 24.3 Å². The van der Waals surface area contributed by atoms with Gasteiger partial charge in [-0.1, -0.05) is 18.2 Å². The number of hydrogen-bond donors (Lipinski definition) is 1. The molecule has 0 bridgehead atoms. The Morgan fingerprint density at radius 3 is 2.72 bits per heavy atom. The first-order valence-corrected chi connectivity index (χ1v) is 5.63. The van der Waals surface area contributed by atoms with Gasteiger partial charge in [0.1, 0.15) is 6.10 Å². The summed E-state index contributed by atoms with van der Waals surface area (Å²) in [6.07, 6.45) is 5.94. The van der Waals surface area contributed by atoms with Crippen molar-refractivity contribution in [1.82, 2.24) is 15.2 Å². The summed E-state index contributed by atoms with van der Waals surface area (Å²) in [5.41, 5.74) is 1.55. The number of hydrogen-bond acceptors (Lipinski definition) is 4. The lowest BCUT2D eigenvalue weighted by Gasteiger charge is -2.13. The van der Waals surface area contributed by atoms with Crippen molar-refractivity contribution in [3.8, 4) is 0 Å². The molecular weight excluding hydrogens is 226 g/mol. The Morgan fingerprint density at radius 1 is 0.944 bits per heavy atom. The van der Waals surface area contributed by atoms with E-state index >= 15 is 0 Å². The van der Waals surface area contributed by atoms with Crippen molar-refractivity contribution in [2.45, 2.75) is 6.10 Å². The van der Waals surface area contributed by atoms with Crippen molar-refractivity contribution in [2.24, 2.45) is 0 Å². The molecule has 2 heterocycles. The van der Waals surface area contributed by atoms with Crippen LogP contribution in [0.15, 0.2) is 55.1 Å². The van der Waals surface area contributed by atoms with Crippen molar-refractivity contribution >= 4 is 10.8 Å². The van der Waals surface area contributed by atoms with Crippen LogP contribution >= 0.6 is 0 Å². The number of aliphatic hydroxyl groups is 1. The monoisotopic (exact) mass is 237 g/mol. The topological polar surface area (TPSA) is 58.9 Å². The molecule has 0 radical (unpaired) electrons. The second kappa shape index (κ2) is 4.50. The van der Waals surface area contributed by atoms with Crippen molar-refractivity contribution in [3.63, 3.8) is 0 Å². The third-order valence-corrected chi connectivity index (χ3v) is 2.93. The molecule has 0 aliphatic carbocycles. The van der Waals surface area contributed by atoms with Gasteiger partial charge in [0, 0.05) is 29.5 Å². The van der Waals surface area contributed by atoms with E-state index in [0.29, 0.717) is 0 Å². The fraction of sp³-hybridized carbons (Fsp3) is 0.0714. The lowest BCUT2D eigenvalue weighted by Crippen LogP contribution is -2.01. The van der Waals surface area contributed by atoms with E-state index in [1.54, 1.807) is 30.9 Å². The summed E-state index contributed by atoms with van der Waals surface area (Å²) in [5, 5.41) is 19.9. The van der Waals surface area contributed by atoms with Crippen LogP contribution in [0.2, 0.25) is 0 Å². The quantitative estimate of drug-likeness (QED) is 0.741. The Labute approximate surface area is 104 Å². The number of fused-ring (bicyclic) bond motifs is 1. The maximum atomic E-state index is 10.4. The van der Waals surface area contributed by atoms with Crippen LogP contribution in [-0.2, 0) is 0 Å². The first-order valence-electron chi connectivity index (χ1n) is 5.63.